The van der Waals surface area contributed by atoms with Crippen molar-refractivity contribution in [3.63, 3.8) is 0 Å². The average Bonchev–Trinajstić information content (AvgIpc) is 3.11. The monoisotopic (exact) mass is 408 g/mol. The second-order valence-electron chi connectivity index (χ2n) is 6.79. The first-order valence-corrected chi connectivity index (χ1v) is 10.0. The van der Waals surface area contributed by atoms with Crippen LogP contribution in [0, 0.1) is 11.6 Å². The highest BCUT2D eigenvalue weighted by Gasteiger charge is 2.27. The molecular formula is C23H18F2N2OS. The summed E-state index contributed by atoms with van der Waals surface area (Å²) in [5.41, 5.74) is 2.11. The zero-order valence-corrected chi connectivity index (χ0v) is 16.4. The normalized spacial score (nSPS) is 18.4. The SMILES string of the molecule is CC1SC(c2cccnc2)=CC1c1ccc(NC(=O)c2c(F)cccc2F)cc1. The highest BCUT2D eigenvalue weighted by molar-refractivity contribution is 8.09. The van der Waals surface area contributed by atoms with Crippen LogP contribution >= 0.6 is 11.8 Å². The number of rotatable bonds is 4. The van der Waals surface area contributed by atoms with E-state index in [1.165, 1.54) is 11.0 Å². The van der Waals surface area contributed by atoms with Gasteiger partial charge in [0.15, 0.2) is 0 Å². The van der Waals surface area contributed by atoms with Crippen LogP contribution < -0.4 is 5.32 Å². The van der Waals surface area contributed by atoms with E-state index in [2.05, 4.69) is 23.3 Å². The fourth-order valence-electron chi connectivity index (χ4n) is 3.35. The van der Waals surface area contributed by atoms with Gasteiger partial charge in [0.2, 0.25) is 0 Å². The summed E-state index contributed by atoms with van der Waals surface area (Å²) in [6, 6.07) is 14.7. The number of hydrogen-bond acceptors (Lipinski definition) is 3. The highest BCUT2D eigenvalue weighted by atomic mass is 32.2. The molecule has 0 fully saturated rings. The van der Waals surface area contributed by atoms with Gasteiger partial charge in [0.05, 0.1) is 0 Å². The van der Waals surface area contributed by atoms with Crippen molar-refractivity contribution >= 4 is 28.3 Å². The minimum atomic E-state index is -0.885. The molecule has 0 aliphatic carbocycles. The van der Waals surface area contributed by atoms with Crippen molar-refractivity contribution in [2.45, 2.75) is 18.1 Å². The number of nitrogens with one attached hydrogen (secondary N) is 1. The second-order valence-corrected chi connectivity index (χ2v) is 8.21. The van der Waals surface area contributed by atoms with Gasteiger partial charge in [0, 0.05) is 39.7 Å². The Labute approximate surface area is 171 Å². The van der Waals surface area contributed by atoms with Gasteiger partial charge in [-0.3, -0.25) is 9.78 Å². The number of amides is 1. The largest absolute Gasteiger partial charge is 0.322 e. The Hall–Kier alpha value is -2.99. The van der Waals surface area contributed by atoms with Gasteiger partial charge in [0.25, 0.3) is 5.91 Å². The highest BCUT2D eigenvalue weighted by Crippen LogP contribution is 2.46. The molecule has 1 aliphatic rings. The zero-order chi connectivity index (χ0) is 20.4. The van der Waals surface area contributed by atoms with Crippen LogP contribution in [0.4, 0.5) is 14.5 Å². The molecule has 6 heteroatoms. The van der Waals surface area contributed by atoms with Crippen LogP contribution in [0.5, 0.6) is 0 Å². The Balaban J connectivity index is 1.51. The molecule has 4 rings (SSSR count). The molecule has 1 amide bonds. The molecule has 0 spiro atoms. The third-order valence-electron chi connectivity index (χ3n) is 4.84. The molecule has 2 heterocycles. The van der Waals surface area contributed by atoms with Gasteiger partial charge in [-0.1, -0.05) is 37.3 Å². The summed E-state index contributed by atoms with van der Waals surface area (Å²) in [4.78, 5) is 17.6. The molecule has 2 atom stereocenters. The molecule has 0 saturated heterocycles. The van der Waals surface area contributed by atoms with Crippen LogP contribution in [0.2, 0.25) is 0 Å². The molecule has 2 unspecified atom stereocenters. The van der Waals surface area contributed by atoms with E-state index in [9.17, 15) is 13.6 Å². The van der Waals surface area contributed by atoms with Crippen molar-refractivity contribution in [1.29, 1.82) is 0 Å². The van der Waals surface area contributed by atoms with E-state index in [1.807, 2.05) is 30.5 Å². The van der Waals surface area contributed by atoms with Crippen molar-refractivity contribution < 1.29 is 13.6 Å². The Kier molecular flexibility index (Phi) is 5.45. The molecule has 3 nitrogen and oxygen atoms in total. The fourth-order valence-corrected chi connectivity index (χ4v) is 4.61. The van der Waals surface area contributed by atoms with Gasteiger partial charge < -0.3 is 5.32 Å². The van der Waals surface area contributed by atoms with E-state index in [-0.39, 0.29) is 5.92 Å². The van der Waals surface area contributed by atoms with E-state index in [0.717, 1.165) is 23.3 Å². The predicted octanol–water partition coefficient (Wildman–Crippen LogP) is 5.87. The molecule has 0 radical (unpaired) electrons. The van der Waals surface area contributed by atoms with E-state index in [1.54, 1.807) is 30.1 Å². The topological polar surface area (TPSA) is 42.0 Å². The number of carbonyl (C=O) groups is 1. The lowest BCUT2D eigenvalue weighted by atomic mass is 9.95. The number of pyridine rings is 1. The predicted molar refractivity (Wildman–Crippen MR) is 113 cm³/mol. The molecule has 1 aliphatic heterocycles. The minimum Gasteiger partial charge on any atom is -0.322 e. The van der Waals surface area contributed by atoms with Gasteiger partial charge in [0.1, 0.15) is 17.2 Å². The Morgan fingerprint density at radius 3 is 2.41 bits per heavy atom. The maximum absolute atomic E-state index is 13.8. The van der Waals surface area contributed by atoms with Crippen molar-refractivity contribution in [3.05, 3.63) is 101 Å². The van der Waals surface area contributed by atoms with Crippen LogP contribution in [0.25, 0.3) is 4.91 Å². The smallest absolute Gasteiger partial charge is 0.261 e. The van der Waals surface area contributed by atoms with Crippen molar-refractivity contribution in [2.24, 2.45) is 0 Å². The van der Waals surface area contributed by atoms with Gasteiger partial charge >= 0.3 is 0 Å². The number of carbonyl (C=O) groups excluding carboxylic acids is 1. The summed E-state index contributed by atoms with van der Waals surface area (Å²) in [5.74, 6) is -2.35. The van der Waals surface area contributed by atoms with Gasteiger partial charge in [-0.2, -0.15) is 0 Å². The van der Waals surface area contributed by atoms with E-state index in [4.69, 9.17) is 0 Å². The summed E-state index contributed by atoms with van der Waals surface area (Å²) in [7, 11) is 0. The van der Waals surface area contributed by atoms with E-state index >= 15 is 0 Å². The number of benzene rings is 2. The summed E-state index contributed by atoms with van der Waals surface area (Å²) in [5, 5.41) is 2.92. The first-order valence-electron chi connectivity index (χ1n) is 9.17. The van der Waals surface area contributed by atoms with Crippen LogP contribution in [0.15, 0.2) is 73.1 Å². The molecule has 146 valence electrons. The lowest BCUT2D eigenvalue weighted by molar-refractivity contribution is 0.101. The molecule has 3 aromatic rings. The van der Waals surface area contributed by atoms with Gasteiger partial charge in [-0.15, -0.1) is 11.8 Å². The second kappa shape index (κ2) is 8.17. The first kappa shape index (κ1) is 19.3. The molecular weight excluding hydrogens is 390 g/mol. The quantitative estimate of drug-likeness (QED) is 0.587. The van der Waals surface area contributed by atoms with Crippen molar-refractivity contribution in [2.75, 3.05) is 5.32 Å². The summed E-state index contributed by atoms with van der Waals surface area (Å²) in [6.45, 7) is 2.17. The third-order valence-corrected chi connectivity index (χ3v) is 6.13. The molecule has 1 N–H and O–H groups in total. The lowest BCUT2D eigenvalue weighted by Crippen LogP contribution is -2.16. The number of halogens is 2. The lowest BCUT2D eigenvalue weighted by Gasteiger charge is -2.15. The van der Waals surface area contributed by atoms with Gasteiger partial charge in [-0.05, 0) is 35.9 Å². The summed E-state index contributed by atoms with van der Waals surface area (Å²) in [6.07, 6.45) is 5.84. The third kappa shape index (κ3) is 4.07. The number of hydrogen-bond donors (Lipinski definition) is 1. The molecule has 2 aromatic carbocycles. The number of thioether (sulfide) groups is 1. The van der Waals surface area contributed by atoms with Crippen molar-refractivity contribution in [1.82, 2.24) is 4.98 Å². The van der Waals surface area contributed by atoms with Crippen LogP contribution in [-0.4, -0.2) is 16.1 Å². The molecule has 0 saturated carbocycles. The summed E-state index contributed by atoms with van der Waals surface area (Å²) < 4.78 is 27.6. The minimum absolute atomic E-state index is 0.226. The first-order chi connectivity index (χ1) is 14.0. The maximum atomic E-state index is 13.8. The Morgan fingerprint density at radius 2 is 1.76 bits per heavy atom. The van der Waals surface area contributed by atoms with Crippen LogP contribution in [0.3, 0.4) is 0 Å². The van der Waals surface area contributed by atoms with Gasteiger partial charge in [-0.25, -0.2) is 8.78 Å². The van der Waals surface area contributed by atoms with E-state index in [0.29, 0.717) is 10.9 Å². The number of allylic oxidation sites excluding steroid dienone is 1. The number of anilines is 1. The number of aromatic nitrogens is 1. The molecule has 0 bridgehead atoms. The van der Waals surface area contributed by atoms with Crippen LogP contribution in [0.1, 0.15) is 34.3 Å². The Morgan fingerprint density at radius 1 is 1.03 bits per heavy atom. The summed E-state index contributed by atoms with van der Waals surface area (Å²) >= 11 is 1.80. The molecule has 1 aromatic heterocycles. The van der Waals surface area contributed by atoms with E-state index < -0.39 is 23.1 Å². The zero-order valence-electron chi connectivity index (χ0n) is 15.6. The Bertz CT molecular complexity index is 1050. The molecule has 29 heavy (non-hydrogen) atoms. The fraction of sp³-hybridized carbons (Fsp3) is 0.130. The maximum Gasteiger partial charge on any atom is 0.261 e. The number of nitrogens with zero attached hydrogens (tertiary/aromatic N) is 1. The van der Waals surface area contributed by atoms with Crippen molar-refractivity contribution in [3.8, 4) is 0 Å². The standard InChI is InChI=1S/C23H18F2N2OS/c1-14-18(12-21(29-14)16-4-3-11-26-13-16)15-7-9-17(10-8-15)27-23(28)22-19(24)5-2-6-20(22)25/h2-14,18H,1H3,(H,27,28). The average molecular weight is 408 g/mol. The van der Waals surface area contributed by atoms with Crippen LogP contribution in [-0.2, 0) is 0 Å².